The Bertz CT molecular complexity index is 1460. The van der Waals surface area contributed by atoms with Gasteiger partial charge in [-0.15, -0.1) is 0 Å². The maximum Gasteiger partial charge on any atom is 0.305 e. The first kappa shape index (κ1) is 25.7. The van der Waals surface area contributed by atoms with Gasteiger partial charge < -0.3 is 24.1 Å². The first-order valence-corrected chi connectivity index (χ1v) is 14.1. The summed E-state index contributed by atoms with van der Waals surface area (Å²) in [5, 5.41) is -0.0603. The molecule has 3 amide bonds. The third-order valence-corrected chi connectivity index (χ3v) is 9.52. The van der Waals surface area contributed by atoms with Gasteiger partial charge in [-0.1, -0.05) is 35.2 Å². The average molecular weight is 568 g/mol. The summed E-state index contributed by atoms with van der Waals surface area (Å²) >= 11 is 2.29. The summed E-state index contributed by atoms with van der Waals surface area (Å²) in [5.74, 6) is -0.767. The van der Waals surface area contributed by atoms with Crippen LogP contribution in [0, 0.1) is 5.92 Å². The molecule has 0 aliphatic carbocycles. The Morgan fingerprint density at radius 3 is 2.38 bits per heavy atom. The molecule has 2 aromatic carbocycles. The predicted octanol–water partition coefficient (Wildman–Crippen LogP) is 2.48. The van der Waals surface area contributed by atoms with Crippen molar-refractivity contribution in [3.63, 3.8) is 0 Å². The van der Waals surface area contributed by atoms with Crippen molar-refractivity contribution in [2.24, 2.45) is 5.92 Å². The Morgan fingerprint density at radius 1 is 1.00 bits per heavy atom. The van der Waals surface area contributed by atoms with Gasteiger partial charge in [-0.3, -0.25) is 19.2 Å². The number of nitrogens with zero attached hydrogens (tertiary/aromatic N) is 2. The lowest BCUT2D eigenvalue weighted by atomic mass is 9.83. The van der Waals surface area contributed by atoms with Gasteiger partial charge in [-0.25, -0.2) is 4.90 Å². The fraction of sp³-hybridized carbons (Fsp3) is 0.333. The van der Waals surface area contributed by atoms with E-state index in [2.05, 4.69) is 4.98 Å². The van der Waals surface area contributed by atoms with Crippen molar-refractivity contribution < 1.29 is 28.6 Å². The normalized spacial score (nSPS) is 22.4. The maximum atomic E-state index is 13.8. The number of amides is 3. The molecule has 10 nitrogen and oxygen atoms in total. The number of aromatic amines is 1. The van der Waals surface area contributed by atoms with Gasteiger partial charge in [0.2, 0.25) is 11.8 Å². The number of benzene rings is 2. The van der Waals surface area contributed by atoms with Gasteiger partial charge in [0, 0.05) is 23.9 Å². The second kappa shape index (κ2) is 10.5. The molecule has 3 atom stereocenters. The Kier molecular flexibility index (Phi) is 6.92. The highest BCUT2D eigenvalue weighted by Gasteiger charge is 2.56. The fourth-order valence-electron chi connectivity index (χ4n) is 5.18. The van der Waals surface area contributed by atoms with Crippen LogP contribution in [0.1, 0.15) is 16.4 Å². The van der Waals surface area contributed by atoms with Crippen LogP contribution in [0.3, 0.4) is 0 Å². The predicted molar refractivity (Wildman–Crippen MR) is 145 cm³/mol. The molecule has 1 N–H and O–H groups in total. The van der Waals surface area contributed by atoms with Crippen LogP contribution < -0.4 is 19.2 Å². The number of morpholine rings is 1. The Morgan fingerprint density at radius 2 is 1.69 bits per heavy atom. The maximum absolute atomic E-state index is 13.8. The highest BCUT2D eigenvalue weighted by Crippen LogP contribution is 2.53. The summed E-state index contributed by atoms with van der Waals surface area (Å²) in [5.41, 5.74) is 1.26. The minimum atomic E-state index is -0.682. The van der Waals surface area contributed by atoms with Gasteiger partial charge in [0.05, 0.1) is 37.0 Å². The van der Waals surface area contributed by atoms with Crippen molar-refractivity contribution in [2.45, 2.75) is 16.2 Å². The number of thiazole rings is 1. The van der Waals surface area contributed by atoms with Gasteiger partial charge >= 0.3 is 4.87 Å². The third-order valence-electron chi connectivity index (χ3n) is 7.12. The van der Waals surface area contributed by atoms with Crippen molar-refractivity contribution in [2.75, 3.05) is 44.9 Å². The lowest BCUT2D eigenvalue weighted by Gasteiger charge is -2.30. The summed E-state index contributed by atoms with van der Waals surface area (Å²) in [6.45, 7) is 2.05. The zero-order valence-electron chi connectivity index (χ0n) is 21.0. The van der Waals surface area contributed by atoms with E-state index in [1.165, 1.54) is 16.7 Å². The van der Waals surface area contributed by atoms with Crippen molar-refractivity contribution in [3.8, 4) is 11.5 Å². The molecule has 2 saturated heterocycles. The van der Waals surface area contributed by atoms with E-state index >= 15 is 0 Å². The van der Waals surface area contributed by atoms with Gasteiger partial charge in [-0.2, -0.15) is 0 Å². The van der Waals surface area contributed by atoms with Gasteiger partial charge in [0.1, 0.15) is 16.7 Å². The second-order valence-corrected chi connectivity index (χ2v) is 11.5. The standard InChI is InChI=1S/C27H25N3O7S2/c1-35-17-8-4-16(5-9-17)30-25(32)21-20(22-24(28-27(34)39-22)38-23(21)26(30)33)15-2-6-18(7-3-15)37-14-19(31)29-10-12-36-13-11-29/h2-9,20-21,23H,10-14H2,1H3,(H,28,34)/t20-,21?,23?/m1/s1. The van der Waals surface area contributed by atoms with Crippen LogP contribution in [-0.4, -0.2) is 72.9 Å². The number of fused-ring (bicyclic) bond motifs is 2. The number of methoxy groups -OCH3 is 1. The molecule has 3 aromatic rings. The molecule has 3 aliphatic rings. The summed E-state index contributed by atoms with van der Waals surface area (Å²) in [6.07, 6.45) is 0. The van der Waals surface area contributed by atoms with E-state index < -0.39 is 17.1 Å². The molecule has 6 rings (SSSR count). The number of carbonyl (C=O) groups is 3. The second-order valence-electron chi connectivity index (χ2n) is 9.31. The minimum Gasteiger partial charge on any atom is -0.497 e. The van der Waals surface area contributed by atoms with Crippen molar-refractivity contribution in [1.82, 2.24) is 9.88 Å². The van der Waals surface area contributed by atoms with Crippen LogP contribution >= 0.6 is 23.1 Å². The van der Waals surface area contributed by atoms with E-state index in [1.54, 1.807) is 48.4 Å². The molecular formula is C27H25N3O7S2. The van der Waals surface area contributed by atoms with Crippen LogP contribution in [0.25, 0.3) is 0 Å². The molecule has 2 unspecified atom stereocenters. The van der Waals surface area contributed by atoms with Crippen LogP contribution in [0.15, 0.2) is 58.4 Å². The van der Waals surface area contributed by atoms with E-state index in [4.69, 9.17) is 14.2 Å². The molecule has 202 valence electrons. The van der Waals surface area contributed by atoms with Gasteiger partial charge in [0.25, 0.3) is 5.91 Å². The molecule has 1 aromatic heterocycles. The molecule has 0 saturated carbocycles. The highest BCUT2D eigenvalue weighted by molar-refractivity contribution is 8.00. The van der Waals surface area contributed by atoms with Crippen LogP contribution in [0.2, 0.25) is 0 Å². The van der Waals surface area contributed by atoms with E-state index in [-0.39, 0.29) is 29.2 Å². The van der Waals surface area contributed by atoms with E-state index in [0.717, 1.165) is 21.8 Å². The van der Waals surface area contributed by atoms with Crippen molar-refractivity contribution in [1.29, 1.82) is 0 Å². The molecule has 0 radical (unpaired) electrons. The van der Waals surface area contributed by atoms with Crippen molar-refractivity contribution >= 4 is 46.5 Å². The third kappa shape index (κ3) is 4.72. The average Bonchev–Trinajstić information content (AvgIpc) is 3.46. The highest BCUT2D eigenvalue weighted by atomic mass is 32.2. The van der Waals surface area contributed by atoms with E-state index in [9.17, 15) is 19.2 Å². The summed E-state index contributed by atoms with van der Waals surface area (Å²) in [7, 11) is 1.55. The number of anilines is 1. The number of thioether (sulfide) groups is 1. The number of ether oxygens (including phenoxy) is 3. The Labute approximate surface area is 231 Å². The Hall–Kier alpha value is -3.61. The number of nitrogens with one attached hydrogen (secondary N) is 1. The largest absolute Gasteiger partial charge is 0.497 e. The van der Waals surface area contributed by atoms with Crippen LogP contribution in [0.4, 0.5) is 5.69 Å². The zero-order valence-corrected chi connectivity index (χ0v) is 22.6. The van der Waals surface area contributed by atoms with Gasteiger partial charge in [0.15, 0.2) is 6.61 Å². The molecule has 39 heavy (non-hydrogen) atoms. The fourth-order valence-corrected chi connectivity index (χ4v) is 7.70. The van der Waals surface area contributed by atoms with E-state index in [1.807, 2.05) is 12.1 Å². The Balaban J connectivity index is 1.27. The van der Waals surface area contributed by atoms with Crippen LogP contribution in [0.5, 0.6) is 11.5 Å². The number of aromatic nitrogens is 1. The number of carbonyl (C=O) groups excluding carboxylic acids is 3. The molecule has 0 bridgehead atoms. The molecular weight excluding hydrogens is 542 g/mol. The number of rotatable bonds is 6. The lowest BCUT2D eigenvalue weighted by Crippen LogP contribution is -2.42. The molecule has 3 aliphatic heterocycles. The molecule has 12 heteroatoms. The van der Waals surface area contributed by atoms with Crippen molar-refractivity contribution in [3.05, 3.63) is 68.6 Å². The number of hydrogen-bond acceptors (Lipinski definition) is 9. The molecule has 4 heterocycles. The topological polar surface area (TPSA) is 118 Å². The lowest BCUT2D eigenvalue weighted by molar-refractivity contribution is -0.137. The number of H-pyrrole nitrogens is 1. The summed E-state index contributed by atoms with van der Waals surface area (Å²) < 4.78 is 16.2. The minimum absolute atomic E-state index is 0.0858. The number of imide groups is 1. The first-order valence-electron chi connectivity index (χ1n) is 12.4. The summed E-state index contributed by atoms with van der Waals surface area (Å²) in [4.78, 5) is 58.3. The van der Waals surface area contributed by atoms with Crippen LogP contribution in [-0.2, 0) is 19.1 Å². The monoisotopic (exact) mass is 567 g/mol. The number of hydrogen-bond donors (Lipinski definition) is 1. The SMILES string of the molecule is COc1ccc(N2C(=O)C3Sc4[nH]c(=O)sc4[C@H](c4ccc(OCC(=O)N5CCOCC5)cc4)C3C2=O)cc1. The quantitative estimate of drug-likeness (QED) is 0.452. The summed E-state index contributed by atoms with van der Waals surface area (Å²) in [6, 6.07) is 13.9. The van der Waals surface area contributed by atoms with Gasteiger partial charge in [-0.05, 0) is 42.0 Å². The zero-order chi connectivity index (χ0) is 27.1. The molecule has 2 fully saturated rings. The smallest absolute Gasteiger partial charge is 0.305 e. The molecule has 0 spiro atoms. The first-order chi connectivity index (χ1) is 18.9. The van der Waals surface area contributed by atoms with E-state index in [0.29, 0.717) is 48.5 Å².